The van der Waals surface area contributed by atoms with Gasteiger partial charge in [0.05, 0.1) is 6.04 Å². The average molecular weight is 444 g/mol. The topological polar surface area (TPSA) is 37.4 Å². The first-order valence-electron chi connectivity index (χ1n) is 11.0. The van der Waals surface area contributed by atoms with Crippen LogP contribution in [0.5, 0.6) is 0 Å². The Hall–Kier alpha value is -3.17. The lowest BCUT2D eigenvalue weighted by molar-refractivity contribution is -0.139. The molecule has 3 aromatic rings. The minimum Gasteiger partial charge on any atom is -0.331 e. The molecule has 0 saturated carbocycles. The Morgan fingerprint density at radius 3 is 2.06 bits per heavy atom. The van der Waals surface area contributed by atoms with Crippen LogP contribution in [0.1, 0.15) is 47.8 Å². The summed E-state index contributed by atoms with van der Waals surface area (Å²) >= 11 is 6.06. The molecule has 1 aliphatic heterocycles. The average Bonchev–Trinajstić information content (AvgIpc) is 2.84. The molecule has 4 heteroatoms. The molecule has 1 aliphatic rings. The number of hydrogen-bond acceptors (Lipinski definition) is 2. The normalized spacial score (nSPS) is 20.7. The molecular weight excluding hydrogens is 418 g/mol. The third-order valence-corrected chi connectivity index (χ3v) is 6.59. The minimum atomic E-state index is -1.30. The molecule has 2 unspecified atom stereocenters. The van der Waals surface area contributed by atoms with Gasteiger partial charge in [-0.3, -0.25) is 9.59 Å². The van der Waals surface area contributed by atoms with E-state index >= 15 is 0 Å². The maximum Gasteiger partial charge on any atom is 0.241 e. The van der Waals surface area contributed by atoms with Crippen molar-refractivity contribution in [2.75, 3.05) is 6.54 Å². The summed E-state index contributed by atoms with van der Waals surface area (Å²) < 4.78 is 0. The van der Waals surface area contributed by atoms with E-state index in [0.29, 0.717) is 23.6 Å². The maximum atomic E-state index is 14.2. The van der Waals surface area contributed by atoms with Gasteiger partial charge in [0, 0.05) is 17.1 Å². The monoisotopic (exact) mass is 443 g/mol. The maximum absolute atomic E-state index is 14.2. The predicted molar refractivity (Wildman–Crippen MR) is 129 cm³/mol. The van der Waals surface area contributed by atoms with Crippen molar-refractivity contribution in [1.82, 2.24) is 4.90 Å². The number of carbonyl (C=O) groups excluding carboxylic acids is 2. The fourth-order valence-corrected chi connectivity index (χ4v) is 4.80. The molecule has 0 N–H and O–H groups in total. The highest BCUT2D eigenvalue weighted by atomic mass is 35.5. The number of rotatable bonds is 6. The van der Waals surface area contributed by atoms with Gasteiger partial charge in [-0.05, 0) is 54.3 Å². The smallest absolute Gasteiger partial charge is 0.241 e. The van der Waals surface area contributed by atoms with Gasteiger partial charge in [-0.25, -0.2) is 0 Å². The number of likely N-dealkylation sites (N-methyl/N-ethyl adjacent to an activating group) is 1. The van der Waals surface area contributed by atoms with Crippen LogP contribution in [-0.4, -0.2) is 23.1 Å². The zero-order chi connectivity index (χ0) is 22.7. The zero-order valence-corrected chi connectivity index (χ0v) is 19.0. The molecular formula is C28H26ClNO2. The van der Waals surface area contributed by atoms with E-state index < -0.39 is 5.41 Å². The highest BCUT2D eigenvalue weighted by molar-refractivity contribution is 6.31. The van der Waals surface area contributed by atoms with Gasteiger partial charge in [0.1, 0.15) is 5.41 Å². The van der Waals surface area contributed by atoms with Gasteiger partial charge in [0.15, 0.2) is 5.78 Å². The predicted octanol–water partition coefficient (Wildman–Crippen LogP) is 6.61. The van der Waals surface area contributed by atoms with E-state index in [0.717, 1.165) is 16.7 Å². The molecule has 0 saturated heterocycles. The Labute approximate surface area is 194 Å². The summed E-state index contributed by atoms with van der Waals surface area (Å²) in [4.78, 5) is 30.0. The first-order chi connectivity index (χ1) is 15.5. The summed E-state index contributed by atoms with van der Waals surface area (Å²) in [5.74, 6) is -0.348. The quantitative estimate of drug-likeness (QED) is 0.317. The van der Waals surface area contributed by atoms with Gasteiger partial charge >= 0.3 is 0 Å². The molecule has 4 rings (SSSR count). The number of Topliss-reactive ketones (excluding diaryl/α,β-unsaturated/α-hetero) is 1. The zero-order valence-electron chi connectivity index (χ0n) is 18.3. The second-order valence-corrected chi connectivity index (χ2v) is 8.42. The summed E-state index contributed by atoms with van der Waals surface area (Å²) in [6, 6.07) is 26.3. The van der Waals surface area contributed by atoms with Gasteiger partial charge in [-0.15, -0.1) is 0 Å². The fraction of sp³-hybridized carbons (Fsp3) is 0.214. The lowest BCUT2D eigenvalue weighted by atomic mass is 9.66. The van der Waals surface area contributed by atoms with Crippen molar-refractivity contribution in [3.63, 3.8) is 0 Å². The Bertz CT molecular complexity index is 1140. The van der Waals surface area contributed by atoms with Crippen LogP contribution in [0.4, 0.5) is 0 Å². The van der Waals surface area contributed by atoms with Crippen LogP contribution in [-0.2, 0) is 4.79 Å². The minimum absolute atomic E-state index is 0.155. The number of amides is 1. The molecule has 3 aromatic carbocycles. The number of carbonyl (C=O) groups is 2. The van der Waals surface area contributed by atoms with Crippen LogP contribution < -0.4 is 0 Å². The highest BCUT2D eigenvalue weighted by Gasteiger charge is 2.53. The summed E-state index contributed by atoms with van der Waals surface area (Å²) in [5.41, 5.74) is 1.88. The molecule has 32 heavy (non-hydrogen) atoms. The van der Waals surface area contributed by atoms with Crippen molar-refractivity contribution in [3.8, 4) is 0 Å². The van der Waals surface area contributed by atoms with Crippen LogP contribution in [0.2, 0.25) is 5.02 Å². The molecule has 2 atom stereocenters. The van der Waals surface area contributed by atoms with E-state index in [-0.39, 0.29) is 17.7 Å². The van der Waals surface area contributed by atoms with Gasteiger partial charge in [-0.2, -0.15) is 0 Å². The molecule has 1 heterocycles. The largest absolute Gasteiger partial charge is 0.331 e. The standard InChI is InChI=1S/C28H26ClNO2/c1-3-28(26(31)22-15-17-23(29)18-16-22)24(20-11-7-5-8-12-20)19-25(30(4-2)27(28)32)21-13-9-6-10-14-21/h5-19,25H,3-4H2,1-2H3. The second-order valence-electron chi connectivity index (χ2n) is 7.99. The molecule has 0 fully saturated rings. The Morgan fingerprint density at radius 2 is 1.50 bits per heavy atom. The van der Waals surface area contributed by atoms with Crippen LogP contribution in [0.15, 0.2) is 91.0 Å². The summed E-state index contributed by atoms with van der Waals surface area (Å²) in [6.45, 7) is 4.38. The van der Waals surface area contributed by atoms with Crippen LogP contribution >= 0.6 is 11.6 Å². The Balaban J connectivity index is 1.97. The molecule has 0 aliphatic carbocycles. The molecule has 0 radical (unpaired) electrons. The van der Waals surface area contributed by atoms with Crippen molar-refractivity contribution in [2.24, 2.45) is 5.41 Å². The molecule has 1 amide bonds. The Morgan fingerprint density at radius 1 is 0.906 bits per heavy atom. The molecule has 0 bridgehead atoms. The number of benzene rings is 3. The van der Waals surface area contributed by atoms with E-state index in [2.05, 4.69) is 6.08 Å². The van der Waals surface area contributed by atoms with Gasteiger partial charge in [0.25, 0.3) is 0 Å². The van der Waals surface area contributed by atoms with Crippen molar-refractivity contribution in [2.45, 2.75) is 26.3 Å². The van der Waals surface area contributed by atoms with Crippen molar-refractivity contribution in [1.29, 1.82) is 0 Å². The molecule has 0 spiro atoms. The SMILES string of the molecule is CCN1C(=O)C(CC)(C(=O)c2ccc(Cl)cc2)C(c2ccccc2)=CC1c1ccccc1. The number of hydrogen-bond donors (Lipinski definition) is 0. The molecule has 3 nitrogen and oxygen atoms in total. The third kappa shape index (κ3) is 3.67. The van der Waals surface area contributed by atoms with Crippen LogP contribution in [0.3, 0.4) is 0 Å². The molecule has 162 valence electrons. The van der Waals surface area contributed by atoms with Crippen LogP contribution in [0, 0.1) is 5.41 Å². The first-order valence-corrected chi connectivity index (χ1v) is 11.3. The van der Waals surface area contributed by atoms with E-state index in [1.54, 1.807) is 24.3 Å². The third-order valence-electron chi connectivity index (χ3n) is 6.34. The van der Waals surface area contributed by atoms with Gasteiger partial charge in [0.2, 0.25) is 5.91 Å². The second kappa shape index (κ2) is 9.13. The summed E-state index contributed by atoms with van der Waals surface area (Å²) in [7, 11) is 0. The lowest BCUT2D eigenvalue weighted by Gasteiger charge is -2.45. The fourth-order valence-electron chi connectivity index (χ4n) is 4.67. The van der Waals surface area contributed by atoms with Gasteiger partial charge < -0.3 is 4.90 Å². The van der Waals surface area contributed by atoms with E-state index in [1.165, 1.54) is 0 Å². The first kappa shape index (κ1) is 22.0. The van der Waals surface area contributed by atoms with E-state index in [4.69, 9.17) is 11.6 Å². The lowest BCUT2D eigenvalue weighted by Crippen LogP contribution is -2.53. The Kier molecular flexibility index (Phi) is 6.29. The van der Waals surface area contributed by atoms with Crippen LogP contribution in [0.25, 0.3) is 5.57 Å². The number of halogens is 1. The van der Waals surface area contributed by atoms with Crippen molar-refractivity contribution >= 4 is 28.9 Å². The number of nitrogens with zero attached hydrogens (tertiary/aromatic N) is 1. The van der Waals surface area contributed by atoms with E-state index in [1.807, 2.05) is 79.4 Å². The molecule has 0 aromatic heterocycles. The highest BCUT2D eigenvalue weighted by Crippen LogP contribution is 2.49. The van der Waals surface area contributed by atoms with Crippen molar-refractivity contribution < 1.29 is 9.59 Å². The number of ketones is 1. The van der Waals surface area contributed by atoms with Gasteiger partial charge in [-0.1, -0.05) is 85.3 Å². The van der Waals surface area contributed by atoms with Crippen molar-refractivity contribution in [3.05, 3.63) is 113 Å². The summed E-state index contributed by atoms with van der Waals surface area (Å²) in [6.07, 6.45) is 2.47. The van der Waals surface area contributed by atoms with E-state index in [9.17, 15) is 9.59 Å². The summed E-state index contributed by atoms with van der Waals surface area (Å²) in [5, 5.41) is 0.556.